The van der Waals surface area contributed by atoms with Gasteiger partial charge in [0.1, 0.15) is 12.4 Å². The van der Waals surface area contributed by atoms with E-state index in [1.807, 2.05) is 10.2 Å². The first-order valence-corrected chi connectivity index (χ1v) is 7.58. The fourth-order valence-electron chi connectivity index (χ4n) is 2.49. The lowest BCUT2D eigenvalue weighted by atomic mass is 10.1. The minimum absolute atomic E-state index is 0.378. The molecule has 1 heterocycles. The summed E-state index contributed by atoms with van der Waals surface area (Å²) in [4.78, 5) is 13.7. The molecule has 1 amide bonds. The van der Waals surface area contributed by atoms with Crippen molar-refractivity contribution >= 4 is 21.8 Å². The first kappa shape index (κ1) is 17.2. The zero-order chi connectivity index (χ0) is 16.3. The molecule has 1 fully saturated rings. The topological polar surface area (TPSA) is 32.3 Å². The van der Waals surface area contributed by atoms with Crippen molar-refractivity contribution in [3.63, 3.8) is 0 Å². The van der Waals surface area contributed by atoms with Crippen LogP contribution in [0, 0.1) is 5.82 Å². The van der Waals surface area contributed by atoms with E-state index >= 15 is 0 Å². The Kier molecular flexibility index (Phi) is 5.44. The van der Waals surface area contributed by atoms with E-state index in [2.05, 4.69) is 15.9 Å². The van der Waals surface area contributed by atoms with E-state index < -0.39 is 24.7 Å². The van der Waals surface area contributed by atoms with Crippen LogP contribution in [0.5, 0.6) is 0 Å². The Labute approximate surface area is 133 Å². The van der Waals surface area contributed by atoms with Crippen molar-refractivity contribution < 1.29 is 22.4 Å². The van der Waals surface area contributed by atoms with Crippen LogP contribution in [0.4, 0.5) is 17.6 Å². The number of carbonyl (C=O) groups is 1. The summed E-state index contributed by atoms with van der Waals surface area (Å²) in [5.74, 6) is -0.996. The Morgan fingerprint density at radius 3 is 2.77 bits per heavy atom. The fourth-order valence-corrected chi connectivity index (χ4v) is 2.96. The van der Waals surface area contributed by atoms with Gasteiger partial charge in [-0.05, 0) is 37.1 Å². The molecule has 0 radical (unpaired) electrons. The molecule has 1 aliphatic heterocycles. The zero-order valence-corrected chi connectivity index (χ0v) is 13.2. The van der Waals surface area contributed by atoms with Gasteiger partial charge in [-0.1, -0.05) is 22.0 Å². The molecule has 1 saturated heterocycles. The molecule has 0 aromatic heterocycles. The summed E-state index contributed by atoms with van der Waals surface area (Å²) >= 11 is 3.25. The van der Waals surface area contributed by atoms with Crippen LogP contribution >= 0.6 is 15.9 Å². The van der Waals surface area contributed by atoms with Crippen molar-refractivity contribution in [2.45, 2.75) is 31.6 Å². The van der Waals surface area contributed by atoms with Gasteiger partial charge in [-0.3, -0.25) is 9.69 Å². The number of rotatable bonds is 4. The predicted molar refractivity (Wildman–Crippen MR) is 76.6 cm³/mol. The molecule has 0 spiro atoms. The summed E-state index contributed by atoms with van der Waals surface area (Å²) < 4.78 is 50.1. The average Bonchev–Trinajstić information content (AvgIpc) is 2.86. The van der Waals surface area contributed by atoms with Gasteiger partial charge in [0.05, 0.1) is 6.04 Å². The van der Waals surface area contributed by atoms with Gasteiger partial charge in [-0.25, -0.2) is 4.39 Å². The number of carbonyl (C=O) groups excluding carboxylic acids is 1. The second kappa shape index (κ2) is 6.95. The van der Waals surface area contributed by atoms with E-state index in [0.29, 0.717) is 24.0 Å². The van der Waals surface area contributed by atoms with Gasteiger partial charge in [-0.15, -0.1) is 0 Å². The lowest BCUT2D eigenvalue weighted by Gasteiger charge is -2.24. The molecule has 1 unspecified atom stereocenters. The van der Waals surface area contributed by atoms with Crippen molar-refractivity contribution in [3.8, 4) is 0 Å². The summed E-state index contributed by atoms with van der Waals surface area (Å²) in [5.41, 5.74) is 0.789. The molecular formula is C14H15BrF4N2O. The maximum atomic E-state index is 13.1. The number of hydrogen-bond donors (Lipinski definition) is 1. The molecule has 1 aromatic carbocycles. The lowest BCUT2D eigenvalue weighted by Crippen LogP contribution is -2.45. The highest BCUT2D eigenvalue weighted by Gasteiger charge is 2.34. The van der Waals surface area contributed by atoms with Crippen molar-refractivity contribution in [1.82, 2.24) is 10.2 Å². The number of likely N-dealkylation sites (tertiary alicyclic amines) is 1. The highest BCUT2D eigenvalue weighted by atomic mass is 79.9. The van der Waals surface area contributed by atoms with E-state index in [-0.39, 0.29) is 5.82 Å². The van der Waals surface area contributed by atoms with Gasteiger partial charge < -0.3 is 5.32 Å². The average molecular weight is 383 g/mol. The van der Waals surface area contributed by atoms with E-state index in [9.17, 15) is 22.4 Å². The van der Waals surface area contributed by atoms with Gasteiger partial charge >= 0.3 is 6.18 Å². The van der Waals surface area contributed by atoms with Gasteiger partial charge in [0.15, 0.2) is 0 Å². The van der Waals surface area contributed by atoms with Crippen LogP contribution in [0.2, 0.25) is 0 Å². The fraction of sp³-hybridized carbons (Fsp3) is 0.500. The van der Waals surface area contributed by atoms with E-state index in [1.165, 1.54) is 12.1 Å². The monoisotopic (exact) mass is 382 g/mol. The highest BCUT2D eigenvalue weighted by Crippen LogP contribution is 2.25. The van der Waals surface area contributed by atoms with Crippen molar-refractivity contribution in [2.75, 3.05) is 13.1 Å². The van der Waals surface area contributed by atoms with Crippen LogP contribution in [-0.4, -0.2) is 36.1 Å². The molecule has 0 aliphatic carbocycles. The number of amides is 1. The normalized spacial score (nSPS) is 19.4. The summed E-state index contributed by atoms with van der Waals surface area (Å²) in [5, 5.41) is 1.93. The molecule has 1 aliphatic rings. The Balaban J connectivity index is 1.99. The smallest absolute Gasteiger partial charge is 0.346 e. The first-order valence-electron chi connectivity index (χ1n) is 6.79. The molecule has 1 atom stereocenters. The predicted octanol–water partition coefficient (Wildman–Crippen LogP) is 3.23. The summed E-state index contributed by atoms with van der Waals surface area (Å²) in [6, 6.07) is 3.65. The zero-order valence-electron chi connectivity index (χ0n) is 11.6. The first-order chi connectivity index (χ1) is 10.3. The Morgan fingerprint density at radius 2 is 2.14 bits per heavy atom. The van der Waals surface area contributed by atoms with Crippen LogP contribution in [0.25, 0.3) is 0 Å². The van der Waals surface area contributed by atoms with Crippen LogP contribution in [0.15, 0.2) is 22.7 Å². The van der Waals surface area contributed by atoms with Gasteiger partial charge in [0.2, 0.25) is 5.91 Å². The number of alkyl halides is 3. The number of hydrogen-bond acceptors (Lipinski definition) is 2. The molecule has 0 bridgehead atoms. The number of benzene rings is 1. The molecule has 1 aromatic rings. The number of nitrogens with zero attached hydrogens (tertiary/aromatic N) is 1. The minimum Gasteiger partial charge on any atom is -0.346 e. The molecule has 22 heavy (non-hydrogen) atoms. The third-order valence-corrected chi connectivity index (χ3v) is 4.26. The highest BCUT2D eigenvalue weighted by molar-refractivity contribution is 9.10. The van der Waals surface area contributed by atoms with Crippen LogP contribution in [0.1, 0.15) is 18.4 Å². The summed E-state index contributed by atoms with van der Waals surface area (Å²) in [7, 11) is 0. The lowest BCUT2D eigenvalue weighted by molar-refractivity contribution is -0.141. The van der Waals surface area contributed by atoms with Gasteiger partial charge in [0.25, 0.3) is 0 Å². The second-order valence-electron chi connectivity index (χ2n) is 5.20. The molecule has 2 rings (SSSR count). The number of nitrogens with one attached hydrogen (secondary N) is 1. The van der Waals surface area contributed by atoms with Gasteiger partial charge in [-0.2, -0.15) is 13.2 Å². The Bertz CT molecular complexity index is 550. The Hall–Kier alpha value is -1.15. The SMILES string of the molecule is O=C(NCC(F)(F)F)C1CCCN1Cc1ccc(F)cc1Br. The summed E-state index contributed by atoms with van der Waals surface area (Å²) in [6.45, 7) is -0.324. The maximum absolute atomic E-state index is 13.1. The Morgan fingerprint density at radius 1 is 1.41 bits per heavy atom. The molecule has 1 N–H and O–H groups in total. The molecule has 0 saturated carbocycles. The third-order valence-electron chi connectivity index (χ3n) is 3.52. The number of halogens is 5. The molecule has 3 nitrogen and oxygen atoms in total. The molecule has 122 valence electrons. The molecule has 8 heteroatoms. The van der Waals surface area contributed by atoms with E-state index in [4.69, 9.17) is 0 Å². The van der Waals surface area contributed by atoms with Crippen LogP contribution in [-0.2, 0) is 11.3 Å². The quantitative estimate of drug-likeness (QED) is 0.810. The van der Waals surface area contributed by atoms with Crippen LogP contribution < -0.4 is 5.32 Å². The maximum Gasteiger partial charge on any atom is 0.405 e. The van der Waals surface area contributed by atoms with Crippen LogP contribution in [0.3, 0.4) is 0 Å². The second-order valence-corrected chi connectivity index (χ2v) is 6.05. The summed E-state index contributed by atoms with van der Waals surface area (Å²) in [6.07, 6.45) is -3.16. The van der Waals surface area contributed by atoms with E-state index in [1.54, 1.807) is 6.07 Å². The largest absolute Gasteiger partial charge is 0.405 e. The third kappa shape index (κ3) is 4.67. The van der Waals surface area contributed by atoms with E-state index in [0.717, 1.165) is 12.0 Å². The van der Waals surface area contributed by atoms with Crippen molar-refractivity contribution in [2.24, 2.45) is 0 Å². The van der Waals surface area contributed by atoms with Crippen molar-refractivity contribution in [3.05, 3.63) is 34.1 Å². The standard InChI is InChI=1S/C14H15BrF4N2O/c15-11-6-10(16)4-3-9(11)7-21-5-1-2-12(21)13(22)20-8-14(17,18)19/h3-4,6,12H,1-2,5,7-8H2,(H,20,22). The minimum atomic E-state index is -4.42. The van der Waals surface area contributed by atoms with Crippen molar-refractivity contribution in [1.29, 1.82) is 0 Å². The van der Waals surface area contributed by atoms with Gasteiger partial charge in [0, 0.05) is 11.0 Å². The molecular weight excluding hydrogens is 368 g/mol.